The Bertz CT molecular complexity index is 569. The standard InChI is InChI=1S/C18H28N4/c1-11-9-12(2)20-17(7)18(8)22-14(4)10-13(3)21-16(6)15(5)19-11/h9-10,19,22H,1-8H3/b11-9+,14-10+,16-15+,18-17+,20-12-,21-13+. The van der Waals surface area contributed by atoms with Gasteiger partial charge in [-0.1, -0.05) is 0 Å². The van der Waals surface area contributed by atoms with Crippen molar-refractivity contribution in [2.45, 2.75) is 55.4 Å². The molecule has 0 radical (unpaired) electrons. The van der Waals surface area contributed by atoms with Crippen LogP contribution in [-0.4, -0.2) is 11.4 Å². The number of nitrogens with one attached hydrogen (secondary N) is 2. The molecule has 1 aliphatic heterocycles. The van der Waals surface area contributed by atoms with Crippen molar-refractivity contribution in [2.75, 3.05) is 0 Å². The first-order valence-electron chi connectivity index (χ1n) is 7.55. The maximum atomic E-state index is 4.64. The number of hydrogen-bond acceptors (Lipinski definition) is 4. The second kappa shape index (κ2) is 7.78. The van der Waals surface area contributed by atoms with Gasteiger partial charge >= 0.3 is 0 Å². The first-order chi connectivity index (χ1) is 10.2. The molecule has 0 amide bonds. The van der Waals surface area contributed by atoms with E-state index in [0.717, 1.165) is 45.6 Å². The van der Waals surface area contributed by atoms with Crippen LogP contribution >= 0.6 is 0 Å². The van der Waals surface area contributed by atoms with Gasteiger partial charge < -0.3 is 10.6 Å². The Hall–Kier alpha value is -2.10. The molecule has 0 spiro atoms. The molecule has 22 heavy (non-hydrogen) atoms. The Morgan fingerprint density at radius 1 is 0.591 bits per heavy atom. The molecule has 0 aromatic rings. The van der Waals surface area contributed by atoms with E-state index in [4.69, 9.17) is 0 Å². The molecular weight excluding hydrogens is 272 g/mol. The predicted molar refractivity (Wildman–Crippen MR) is 96.8 cm³/mol. The number of nitrogens with zero attached hydrogens (tertiary/aromatic N) is 2. The summed E-state index contributed by atoms with van der Waals surface area (Å²) in [6.07, 6.45) is 4.08. The van der Waals surface area contributed by atoms with Crippen molar-refractivity contribution in [1.29, 1.82) is 0 Å². The van der Waals surface area contributed by atoms with Gasteiger partial charge in [-0.15, -0.1) is 0 Å². The average Bonchev–Trinajstić information content (AvgIpc) is 2.36. The van der Waals surface area contributed by atoms with Crippen molar-refractivity contribution < 1.29 is 0 Å². The number of hydrogen-bond donors (Lipinski definition) is 2. The summed E-state index contributed by atoms with van der Waals surface area (Å²) in [5.41, 5.74) is 8.07. The topological polar surface area (TPSA) is 48.8 Å². The Kier molecular flexibility index (Phi) is 6.35. The first-order valence-corrected chi connectivity index (χ1v) is 7.55. The lowest BCUT2D eigenvalue weighted by atomic mass is 10.2. The highest BCUT2D eigenvalue weighted by Gasteiger charge is 2.01. The Labute approximate surface area is 134 Å². The van der Waals surface area contributed by atoms with Crippen LogP contribution in [0.3, 0.4) is 0 Å². The van der Waals surface area contributed by atoms with Crippen molar-refractivity contribution in [1.82, 2.24) is 10.6 Å². The predicted octanol–water partition coefficient (Wildman–Crippen LogP) is 4.41. The summed E-state index contributed by atoms with van der Waals surface area (Å²) >= 11 is 0. The fourth-order valence-electron chi connectivity index (χ4n) is 2.23. The highest BCUT2D eigenvalue weighted by atomic mass is 14.9. The summed E-state index contributed by atoms with van der Waals surface area (Å²) in [6, 6.07) is 0. The van der Waals surface area contributed by atoms with Crippen LogP contribution in [-0.2, 0) is 0 Å². The lowest BCUT2D eigenvalue weighted by Crippen LogP contribution is -2.13. The molecule has 0 atom stereocenters. The smallest absolute Gasteiger partial charge is 0.0565 e. The molecule has 1 aliphatic rings. The maximum absolute atomic E-state index is 4.64. The van der Waals surface area contributed by atoms with Gasteiger partial charge in [0.2, 0.25) is 0 Å². The van der Waals surface area contributed by atoms with E-state index in [0.29, 0.717) is 0 Å². The highest BCUT2D eigenvalue weighted by Crippen LogP contribution is 2.09. The van der Waals surface area contributed by atoms with Gasteiger partial charge in [0.1, 0.15) is 0 Å². The van der Waals surface area contributed by atoms with E-state index in [9.17, 15) is 0 Å². The van der Waals surface area contributed by atoms with Crippen molar-refractivity contribution >= 4 is 11.4 Å². The molecule has 0 saturated heterocycles. The van der Waals surface area contributed by atoms with Crippen LogP contribution in [0.25, 0.3) is 0 Å². The molecule has 1 rings (SSSR count). The second-order valence-electron chi connectivity index (χ2n) is 5.83. The minimum absolute atomic E-state index is 0.965. The third kappa shape index (κ3) is 5.72. The molecule has 0 unspecified atom stereocenters. The third-order valence-corrected chi connectivity index (χ3v) is 3.39. The van der Waals surface area contributed by atoms with Gasteiger partial charge in [0, 0.05) is 34.2 Å². The van der Waals surface area contributed by atoms with Crippen molar-refractivity contribution in [3.05, 3.63) is 46.3 Å². The molecule has 0 aromatic carbocycles. The van der Waals surface area contributed by atoms with E-state index in [1.807, 2.05) is 67.5 Å². The number of rotatable bonds is 0. The van der Waals surface area contributed by atoms with Gasteiger partial charge in [0.25, 0.3) is 0 Å². The van der Waals surface area contributed by atoms with E-state index in [2.05, 4.69) is 20.6 Å². The quantitative estimate of drug-likeness (QED) is 0.696. The SMILES string of the molecule is CC1=N/C(C)=C(\C)N/C(C)=C/C(C)=N/C(C)=C(\C)N\C(C)=C\1. The van der Waals surface area contributed by atoms with Crippen LogP contribution in [0.1, 0.15) is 55.4 Å². The Morgan fingerprint density at radius 3 is 1.23 bits per heavy atom. The number of allylic oxidation sites excluding steroid dienone is 8. The Morgan fingerprint density at radius 2 is 0.909 bits per heavy atom. The largest absolute Gasteiger partial charge is 0.361 e. The van der Waals surface area contributed by atoms with E-state index in [-0.39, 0.29) is 0 Å². The maximum Gasteiger partial charge on any atom is 0.0565 e. The fourth-order valence-corrected chi connectivity index (χ4v) is 2.23. The van der Waals surface area contributed by atoms with Crippen molar-refractivity contribution in [2.24, 2.45) is 9.98 Å². The molecule has 1 heterocycles. The van der Waals surface area contributed by atoms with Crippen LogP contribution in [0.15, 0.2) is 56.3 Å². The van der Waals surface area contributed by atoms with Crippen molar-refractivity contribution in [3.63, 3.8) is 0 Å². The molecule has 0 aromatic heterocycles. The average molecular weight is 300 g/mol. The van der Waals surface area contributed by atoms with Gasteiger partial charge in [-0.3, -0.25) is 9.98 Å². The monoisotopic (exact) mass is 300 g/mol. The molecule has 2 N–H and O–H groups in total. The molecule has 120 valence electrons. The summed E-state index contributed by atoms with van der Waals surface area (Å²) in [5.74, 6) is 0. The fraction of sp³-hybridized carbons (Fsp3) is 0.444. The van der Waals surface area contributed by atoms with Crippen LogP contribution in [0.2, 0.25) is 0 Å². The summed E-state index contributed by atoms with van der Waals surface area (Å²) < 4.78 is 0. The van der Waals surface area contributed by atoms with Crippen molar-refractivity contribution in [3.8, 4) is 0 Å². The number of aliphatic imine (C=N–C) groups is 2. The van der Waals surface area contributed by atoms with E-state index in [1.54, 1.807) is 0 Å². The molecule has 0 bridgehead atoms. The van der Waals surface area contributed by atoms with E-state index >= 15 is 0 Å². The van der Waals surface area contributed by atoms with Gasteiger partial charge in [0.05, 0.1) is 11.4 Å². The van der Waals surface area contributed by atoms with Crippen LogP contribution in [0.4, 0.5) is 0 Å². The van der Waals surface area contributed by atoms with E-state index < -0.39 is 0 Å². The van der Waals surface area contributed by atoms with Gasteiger partial charge in [0.15, 0.2) is 0 Å². The third-order valence-electron chi connectivity index (χ3n) is 3.39. The van der Waals surface area contributed by atoms with Crippen LogP contribution in [0, 0.1) is 0 Å². The first kappa shape index (κ1) is 18.0. The molecule has 4 heteroatoms. The summed E-state index contributed by atoms with van der Waals surface area (Å²) in [6.45, 7) is 16.2. The van der Waals surface area contributed by atoms with Gasteiger partial charge in [-0.2, -0.15) is 0 Å². The zero-order valence-corrected chi connectivity index (χ0v) is 15.0. The lowest BCUT2D eigenvalue weighted by molar-refractivity contribution is 0.926. The van der Waals surface area contributed by atoms with Crippen LogP contribution in [0.5, 0.6) is 0 Å². The summed E-state index contributed by atoms with van der Waals surface area (Å²) in [4.78, 5) is 9.27. The Balaban J connectivity index is 3.38. The zero-order valence-electron chi connectivity index (χ0n) is 15.0. The minimum Gasteiger partial charge on any atom is -0.361 e. The minimum atomic E-state index is 0.965. The molecule has 0 aliphatic carbocycles. The molecule has 4 nitrogen and oxygen atoms in total. The van der Waals surface area contributed by atoms with E-state index in [1.165, 1.54) is 0 Å². The molecule has 0 saturated carbocycles. The molecular formula is C18H28N4. The van der Waals surface area contributed by atoms with Gasteiger partial charge in [-0.25, -0.2) is 0 Å². The highest BCUT2D eigenvalue weighted by molar-refractivity contribution is 5.94. The van der Waals surface area contributed by atoms with Gasteiger partial charge in [-0.05, 0) is 67.5 Å². The van der Waals surface area contributed by atoms with Crippen LogP contribution < -0.4 is 10.6 Å². The summed E-state index contributed by atoms with van der Waals surface area (Å²) in [5, 5.41) is 6.74. The zero-order chi connectivity index (χ0) is 16.9. The summed E-state index contributed by atoms with van der Waals surface area (Å²) in [7, 11) is 0. The lowest BCUT2D eigenvalue weighted by Gasteiger charge is -2.12. The molecule has 0 fully saturated rings. The normalized spacial score (nSPS) is 34.5. The second-order valence-corrected chi connectivity index (χ2v) is 5.83.